The first kappa shape index (κ1) is 29.7. The van der Waals surface area contributed by atoms with Gasteiger partial charge in [-0.25, -0.2) is 4.79 Å². The van der Waals surface area contributed by atoms with E-state index in [-0.39, 0.29) is 23.8 Å². The number of carbonyl (C=O) groups excluding carboxylic acids is 1. The van der Waals surface area contributed by atoms with Gasteiger partial charge < -0.3 is 20.3 Å². The molecule has 0 bridgehead atoms. The number of ether oxygens (including phenoxy) is 1. The van der Waals surface area contributed by atoms with Crippen molar-refractivity contribution in [1.29, 1.82) is 0 Å². The van der Waals surface area contributed by atoms with E-state index in [0.29, 0.717) is 12.3 Å². The van der Waals surface area contributed by atoms with Gasteiger partial charge >= 0.3 is 5.97 Å². The SMILES string of the molecule is CCC=CCC=CCC=CCC=CCC=CCCCCOCC(=O)Nc1ccc(O)c(C(=O)O)c1. The molecule has 3 N–H and O–H groups in total. The van der Waals surface area contributed by atoms with Crippen LogP contribution in [0, 0.1) is 0 Å². The fourth-order valence-electron chi connectivity index (χ4n) is 2.98. The van der Waals surface area contributed by atoms with Crippen LogP contribution in [0.2, 0.25) is 0 Å². The molecule has 0 unspecified atom stereocenters. The van der Waals surface area contributed by atoms with E-state index in [1.165, 1.54) is 18.2 Å². The van der Waals surface area contributed by atoms with Gasteiger partial charge in [-0.15, -0.1) is 0 Å². The standard InChI is InChI=1S/C29H39NO5/c1-2-3-4-5-6-7-8-9-10-11-12-13-14-15-16-17-18-19-22-35-24-28(32)30-25-20-21-27(31)26(23-25)29(33)34/h3-4,6-7,9-10,12-13,15-16,20-21,23,31H,2,5,8,11,14,17-19,22,24H2,1H3,(H,30,32)(H,33,34). The molecular formula is C29H39NO5. The van der Waals surface area contributed by atoms with Gasteiger partial charge in [0, 0.05) is 12.3 Å². The molecule has 0 atom stereocenters. The monoisotopic (exact) mass is 481 g/mol. The van der Waals surface area contributed by atoms with Gasteiger partial charge in [-0.05, 0) is 69.6 Å². The first-order chi connectivity index (χ1) is 17.0. The lowest BCUT2D eigenvalue weighted by atomic mass is 10.2. The number of hydrogen-bond acceptors (Lipinski definition) is 4. The number of carboxylic acids is 1. The Balaban J connectivity index is 2.01. The highest BCUT2D eigenvalue weighted by atomic mass is 16.5. The topological polar surface area (TPSA) is 95.9 Å². The van der Waals surface area contributed by atoms with Gasteiger partial charge in [0.2, 0.25) is 5.91 Å². The number of aromatic carboxylic acids is 1. The van der Waals surface area contributed by atoms with Gasteiger partial charge in [0.05, 0.1) is 0 Å². The predicted molar refractivity (Wildman–Crippen MR) is 143 cm³/mol. The van der Waals surface area contributed by atoms with Crippen LogP contribution in [0.4, 0.5) is 5.69 Å². The summed E-state index contributed by atoms with van der Waals surface area (Å²) in [6, 6.07) is 3.88. The van der Waals surface area contributed by atoms with Gasteiger partial charge in [-0.3, -0.25) is 4.79 Å². The Morgan fingerprint density at radius 1 is 0.857 bits per heavy atom. The number of anilines is 1. The molecular weight excluding hydrogens is 442 g/mol. The van der Waals surface area contributed by atoms with Crippen molar-refractivity contribution >= 4 is 17.6 Å². The third-order valence-electron chi connectivity index (χ3n) is 4.81. The third-order valence-corrected chi connectivity index (χ3v) is 4.81. The van der Waals surface area contributed by atoms with E-state index in [0.717, 1.165) is 51.4 Å². The number of amides is 1. The Kier molecular flexibility index (Phi) is 17.0. The Hall–Kier alpha value is -3.38. The van der Waals surface area contributed by atoms with Crippen molar-refractivity contribution in [2.45, 2.75) is 58.3 Å². The summed E-state index contributed by atoms with van der Waals surface area (Å²) in [6.07, 6.45) is 29.6. The molecule has 1 aromatic rings. The number of phenols is 1. The van der Waals surface area contributed by atoms with Crippen molar-refractivity contribution in [1.82, 2.24) is 0 Å². The molecule has 190 valence electrons. The molecule has 0 aromatic heterocycles. The van der Waals surface area contributed by atoms with Gasteiger partial charge in [-0.1, -0.05) is 67.7 Å². The zero-order chi connectivity index (χ0) is 25.6. The molecule has 6 heteroatoms. The molecule has 0 heterocycles. The highest BCUT2D eigenvalue weighted by Gasteiger charge is 2.11. The largest absolute Gasteiger partial charge is 0.507 e. The summed E-state index contributed by atoms with van der Waals surface area (Å²) in [5, 5.41) is 21.0. The Bertz CT molecular complexity index is 896. The summed E-state index contributed by atoms with van der Waals surface area (Å²) in [6.45, 7) is 2.51. The smallest absolute Gasteiger partial charge is 0.339 e. The second kappa shape index (κ2) is 20.0. The quantitative estimate of drug-likeness (QED) is 0.120. The van der Waals surface area contributed by atoms with E-state index in [1.54, 1.807) is 0 Å². The number of nitrogens with one attached hydrogen (secondary N) is 1. The van der Waals surface area contributed by atoms with Crippen LogP contribution in [0.25, 0.3) is 0 Å². The maximum Gasteiger partial charge on any atom is 0.339 e. The number of carboxylic acid groups (broad SMARTS) is 1. The zero-order valence-corrected chi connectivity index (χ0v) is 20.7. The molecule has 6 nitrogen and oxygen atoms in total. The molecule has 0 fully saturated rings. The predicted octanol–water partition coefficient (Wildman–Crippen LogP) is 6.97. The van der Waals surface area contributed by atoms with Crippen molar-refractivity contribution in [3.05, 3.63) is 84.5 Å². The lowest BCUT2D eigenvalue weighted by Crippen LogP contribution is -2.18. The number of allylic oxidation sites excluding steroid dienone is 10. The van der Waals surface area contributed by atoms with Crippen LogP contribution >= 0.6 is 0 Å². The summed E-state index contributed by atoms with van der Waals surface area (Å²) in [4.78, 5) is 22.9. The van der Waals surface area contributed by atoms with Crippen LogP contribution in [0.5, 0.6) is 5.75 Å². The van der Waals surface area contributed by atoms with Gasteiger partial charge in [0.1, 0.15) is 17.9 Å². The van der Waals surface area contributed by atoms with E-state index in [4.69, 9.17) is 9.84 Å². The molecule has 1 aromatic carbocycles. The maximum atomic E-state index is 11.9. The number of aromatic hydroxyl groups is 1. The van der Waals surface area contributed by atoms with E-state index in [2.05, 4.69) is 73.0 Å². The Morgan fingerprint density at radius 2 is 1.43 bits per heavy atom. The molecule has 0 saturated carbocycles. The lowest BCUT2D eigenvalue weighted by molar-refractivity contribution is -0.120. The van der Waals surface area contributed by atoms with Crippen LogP contribution in [0.15, 0.2) is 79.0 Å². The fraction of sp³-hybridized carbons (Fsp3) is 0.379. The van der Waals surface area contributed by atoms with Crippen molar-refractivity contribution in [3.8, 4) is 5.75 Å². The minimum absolute atomic E-state index is 0.106. The van der Waals surface area contributed by atoms with E-state index in [1.807, 2.05) is 0 Å². The molecule has 0 aliphatic carbocycles. The maximum absolute atomic E-state index is 11.9. The molecule has 1 amide bonds. The molecule has 0 aliphatic heterocycles. The summed E-state index contributed by atoms with van der Waals surface area (Å²) in [7, 11) is 0. The third kappa shape index (κ3) is 16.0. The van der Waals surface area contributed by atoms with Gasteiger partial charge in [0.25, 0.3) is 0 Å². The number of carbonyl (C=O) groups is 2. The Labute approximate surface area is 209 Å². The number of unbranched alkanes of at least 4 members (excludes halogenated alkanes) is 2. The van der Waals surface area contributed by atoms with Crippen LogP contribution < -0.4 is 5.32 Å². The second-order valence-corrected chi connectivity index (χ2v) is 7.84. The average Bonchev–Trinajstić information content (AvgIpc) is 2.83. The van der Waals surface area contributed by atoms with Gasteiger partial charge in [0.15, 0.2) is 0 Å². The van der Waals surface area contributed by atoms with Crippen molar-refractivity contribution in [2.24, 2.45) is 0 Å². The average molecular weight is 482 g/mol. The number of rotatable bonds is 18. The first-order valence-electron chi connectivity index (χ1n) is 12.2. The van der Waals surface area contributed by atoms with Crippen LogP contribution in [0.3, 0.4) is 0 Å². The molecule has 0 radical (unpaired) electrons. The van der Waals surface area contributed by atoms with E-state index < -0.39 is 5.97 Å². The van der Waals surface area contributed by atoms with E-state index >= 15 is 0 Å². The lowest BCUT2D eigenvalue weighted by Gasteiger charge is -2.08. The highest BCUT2D eigenvalue weighted by Crippen LogP contribution is 2.21. The molecule has 1 rings (SSSR count). The normalized spacial score (nSPS) is 12.1. The van der Waals surface area contributed by atoms with Crippen molar-refractivity contribution in [2.75, 3.05) is 18.5 Å². The molecule has 0 spiro atoms. The summed E-state index contributed by atoms with van der Waals surface area (Å²) in [5.41, 5.74) is 0.0333. The van der Waals surface area contributed by atoms with Crippen molar-refractivity contribution < 1.29 is 24.5 Å². The first-order valence-corrected chi connectivity index (χ1v) is 12.2. The summed E-state index contributed by atoms with van der Waals surface area (Å²) in [5.74, 6) is -1.98. The fourth-order valence-corrected chi connectivity index (χ4v) is 2.98. The molecule has 35 heavy (non-hydrogen) atoms. The minimum atomic E-state index is -1.26. The zero-order valence-electron chi connectivity index (χ0n) is 20.7. The number of hydrogen-bond donors (Lipinski definition) is 3. The number of benzene rings is 1. The summed E-state index contributed by atoms with van der Waals surface area (Å²) < 4.78 is 5.37. The minimum Gasteiger partial charge on any atom is -0.507 e. The van der Waals surface area contributed by atoms with Crippen LogP contribution in [0.1, 0.15) is 68.6 Å². The van der Waals surface area contributed by atoms with E-state index in [9.17, 15) is 14.7 Å². The van der Waals surface area contributed by atoms with Crippen LogP contribution in [-0.2, 0) is 9.53 Å². The highest BCUT2D eigenvalue weighted by molar-refractivity contribution is 5.96. The van der Waals surface area contributed by atoms with Crippen molar-refractivity contribution in [3.63, 3.8) is 0 Å². The molecule has 0 aliphatic rings. The summed E-state index contributed by atoms with van der Waals surface area (Å²) >= 11 is 0. The van der Waals surface area contributed by atoms with Crippen LogP contribution in [-0.4, -0.2) is 35.3 Å². The molecule has 0 saturated heterocycles. The van der Waals surface area contributed by atoms with Gasteiger partial charge in [-0.2, -0.15) is 0 Å². The second-order valence-electron chi connectivity index (χ2n) is 7.84. The Morgan fingerprint density at radius 3 is 2.00 bits per heavy atom.